The third-order valence-electron chi connectivity index (χ3n) is 3.27. The highest BCUT2D eigenvalue weighted by Gasteiger charge is 2.24. The summed E-state index contributed by atoms with van der Waals surface area (Å²) in [5, 5.41) is 13.3. The Morgan fingerprint density at radius 2 is 2.06 bits per heavy atom. The molecule has 0 aliphatic carbocycles. The van der Waals surface area contributed by atoms with Crippen LogP contribution in [-0.2, 0) is 0 Å². The highest BCUT2D eigenvalue weighted by Crippen LogP contribution is 2.34. The van der Waals surface area contributed by atoms with Gasteiger partial charge in [0.2, 0.25) is 6.79 Å². The highest BCUT2D eigenvalue weighted by atomic mass is 16.7. The molecule has 0 bridgehead atoms. The lowest BCUT2D eigenvalue weighted by Crippen LogP contribution is -2.38. The Morgan fingerprint density at radius 1 is 1.35 bits per heavy atom. The van der Waals surface area contributed by atoms with Gasteiger partial charge < -0.3 is 19.9 Å². The maximum Gasteiger partial charge on any atom is 0.231 e. The Morgan fingerprint density at radius 3 is 2.76 bits per heavy atom. The molecule has 0 aromatic heterocycles. The van der Waals surface area contributed by atoms with Gasteiger partial charge in [0.1, 0.15) is 0 Å². The molecule has 4 heteroatoms. The third kappa shape index (κ3) is 2.64. The number of benzene rings is 1. The number of anilines is 1. The van der Waals surface area contributed by atoms with Crippen LogP contribution in [0.25, 0.3) is 0 Å². The van der Waals surface area contributed by atoms with Gasteiger partial charge in [-0.15, -0.1) is 0 Å². The topological polar surface area (TPSA) is 50.7 Å². The first kappa shape index (κ1) is 12.0. The molecule has 1 atom stereocenters. The smallest absolute Gasteiger partial charge is 0.231 e. The summed E-state index contributed by atoms with van der Waals surface area (Å²) in [6.45, 7) is 6.62. The van der Waals surface area contributed by atoms with Crippen LogP contribution in [0.2, 0.25) is 0 Å². The summed E-state index contributed by atoms with van der Waals surface area (Å²) in [6, 6.07) is 5.68. The molecule has 2 N–H and O–H groups in total. The average molecular weight is 237 g/mol. The van der Waals surface area contributed by atoms with Gasteiger partial charge in [-0.3, -0.25) is 0 Å². The van der Waals surface area contributed by atoms with Crippen LogP contribution in [0.15, 0.2) is 18.2 Å². The first-order chi connectivity index (χ1) is 7.99. The van der Waals surface area contributed by atoms with Gasteiger partial charge in [0.25, 0.3) is 0 Å². The van der Waals surface area contributed by atoms with Gasteiger partial charge >= 0.3 is 0 Å². The fourth-order valence-electron chi connectivity index (χ4n) is 1.49. The fourth-order valence-corrected chi connectivity index (χ4v) is 1.49. The van der Waals surface area contributed by atoms with Crippen molar-refractivity contribution in [2.75, 3.05) is 18.7 Å². The van der Waals surface area contributed by atoms with Gasteiger partial charge in [-0.2, -0.15) is 0 Å². The molecule has 17 heavy (non-hydrogen) atoms. The van der Waals surface area contributed by atoms with Crippen molar-refractivity contribution in [3.05, 3.63) is 18.2 Å². The molecule has 1 aromatic carbocycles. The Balaban J connectivity index is 2.00. The first-order valence-corrected chi connectivity index (χ1v) is 5.85. The number of ether oxygens (including phenoxy) is 2. The second-order valence-electron chi connectivity index (χ2n) is 4.93. The number of aliphatic hydroxyl groups is 1. The zero-order valence-electron chi connectivity index (χ0n) is 10.5. The Labute approximate surface area is 102 Å². The van der Waals surface area contributed by atoms with Gasteiger partial charge in [0.15, 0.2) is 11.5 Å². The van der Waals surface area contributed by atoms with Crippen molar-refractivity contribution in [3.8, 4) is 11.5 Å². The van der Waals surface area contributed by atoms with Gasteiger partial charge in [-0.1, -0.05) is 13.8 Å². The molecule has 2 rings (SSSR count). The Kier molecular flexibility index (Phi) is 3.15. The van der Waals surface area contributed by atoms with E-state index in [1.165, 1.54) is 0 Å². The van der Waals surface area contributed by atoms with Gasteiger partial charge in [0, 0.05) is 18.3 Å². The quantitative estimate of drug-likeness (QED) is 0.843. The number of fused-ring (bicyclic) bond motifs is 1. The van der Waals surface area contributed by atoms with E-state index in [1.807, 2.05) is 39.0 Å². The minimum Gasteiger partial charge on any atom is -0.454 e. The number of nitrogens with one attached hydrogen (secondary N) is 1. The standard InChI is InChI=1S/C13H19NO3/c1-9(2)13(3,15)7-14-10-4-5-11-12(6-10)17-8-16-11/h4-6,9,14-15H,7-8H2,1-3H3. The van der Waals surface area contributed by atoms with E-state index in [9.17, 15) is 5.11 Å². The van der Waals surface area contributed by atoms with Crippen molar-refractivity contribution in [3.63, 3.8) is 0 Å². The molecule has 1 unspecified atom stereocenters. The Bertz CT molecular complexity index is 402. The van der Waals surface area contributed by atoms with Crippen molar-refractivity contribution >= 4 is 5.69 Å². The molecule has 1 aliphatic heterocycles. The summed E-state index contributed by atoms with van der Waals surface area (Å²) in [5.74, 6) is 1.72. The average Bonchev–Trinajstić information content (AvgIpc) is 2.73. The van der Waals surface area contributed by atoms with Gasteiger partial charge in [-0.05, 0) is 25.0 Å². The molecule has 0 radical (unpaired) electrons. The van der Waals surface area contributed by atoms with Crippen LogP contribution in [0.3, 0.4) is 0 Å². The molecule has 1 aromatic rings. The predicted octanol–water partition coefficient (Wildman–Crippen LogP) is 2.23. The molecule has 0 saturated carbocycles. The summed E-state index contributed by atoms with van der Waals surface area (Å²) in [4.78, 5) is 0. The fraction of sp³-hybridized carbons (Fsp3) is 0.538. The molecule has 0 amide bonds. The molecule has 0 spiro atoms. The lowest BCUT2D eigenvalue weighted by molar-refractivity contribution is 0.0266. The molecule has 1 aliphatic rings. The summed E-state index contributed by atoms with van der Waals surface area (Å²) >= 11 is 0. The number of hydrogen-bond donors (Lipinski definition) is 2. The second kappa shape index (κ2) is 4.45. The van der Waals surface area contributed by atoms with E-state index in [4.69, 9.17) is 9.47 Å². The van der Waals surface area contributed by atoms with Crippen LogP contribution in [0.1, 0.15) is 20.8 Å². The van der Waals surface area contributed by atoms with Crippen LogP contribution in [-0.4, -0.2) is 24.0 Å². The van der Waals surface area contributed by atoms with Crippen LogP contribution in [0.4, 0.5) is 5.69 Å². The number of rotatable bonds is 4. The van der Waals surface area contributed by atoms with Crippen LogP contribution >= 0.6 is 0 Å². The van der Waals surface area contributed by atoms with E-state index in [0.717, 1.165) is 17.2 Å². The minimum absolute atomic E-state index is 0.198. The molecule has 4 nitrogen and oxygen atoms in total. The lowest BCUT2D eigenvalue weighted by Gasteiger charge is -2.28. The molecular weight excluding hydrogens is 218 g/mol. The van der Waals surface area contributed by atoms with Gasteiger partial charge in [-0.25, -0.2) is 0 Å². The minimum atomic E-state index is -0.726. The predicted molar refractivity (Wildman–Crippen MR) is 66.5 cm³/mol. The van der Waals surface area contributed by atoms with Crippen LogP contribution < -0.4 is 14.8 Å². The number of hydrogen-bond acceptors (Lipinski definition) is 4. The largest absolute Gasteiger partial charge is 0.454 e. The zero-order chi connectivity index (χ0) is 12.5. The molecule has 0 fully saturated rings. The summed E-state index contributed by atoms with van der Waals surface area (Å²) in [5.41, 5.74) is 0.200. The molecule has 0 saturated heterocycles. The van der Waals surface area contributed by atoms with E-state index >= 15 is 0 Å². The van der Waals surface area contributed by atoms with Crippen molar-refractivity contribution in [1.29, 1.82) is 0 Å². The zero-order valence-corrected chi connectivity index (χ0v) is 10.5. The maximum absolute atomic E-state index is 10.1. The highest BCUT2D eigenvalue weighted by molar-refractivity contribution is 5.55. The van der Waals surface area contributed by atoms with Crippen molar-refractivity contribution in [2.45, 2.75) is 26.4 Å². The van der Waals surface area contributed by atoms with E-state index in [2.05, 4.69) is 5.32 Å². The van der Waals surface area contributed by atoms with Crippen LogP contribution in [0.5, 0.6) is 11.5 Å². The molecular formula is C13H19NO3. The lowest BCUT2D eigenvalue weighted by atomic mass is 9.92. The van der Waals surface area contributed by atoms with E-state index in [1.54, 1.807) is 0 Å². The maximum atomic E-state index is 10.1. The summed E-state index contributed by atoms with van der Waals surface area (Å²) in [6.07, 6.45) is 0. The second-order valence-corrected chi connectivity index (χ2v) is 4.93. The van der Waals surface area contributed by atoms with Crippen molar-refractivity contribution < 1.29 is 14.6 Å². The Hall–Kier alpha value is -1.42. The van der Waals surface area contributed by atoms with Crippen molar-refractivity contribution in [1.82, 2.24) is 0 Å². The van der Waals surface area contributed by atoms with Crippen LogP contribution in [0, 0.1) is 5.92 Å². The van der Waals surface area contributed by atoms with E-state index in [-0.39, 0.29) is 12.7 Å². The van der Waals surface area contributed by atoms with Gasteiger partial charge in [0.05, 0.1) is 5.60 Å². The van der Waals surface area contributed by atoms with E-state index < -0.39 is 5.60 Å². The normalized spacial score (nSPS) is 17.0. The summed E-state index contributed by atoms with van der Waals surface area (Å²) < 4.78 is 10.5. The molecule has 1 heterocycles. The van der Waals surface area contributed by atoms with E-state index in [0.29, 0.717) is 6.54 Å². The molecule has 94 valence electrons. The summed E-state index contributed by atoms with van der Waals surface area (Å²) in [7, 11) is 0. The monoisotopic (exact) mass is 237 g/mol. The SMILES string of the molecule is CC(C)C(C)(O)CNc1ccc2c(c1)OCO2. The third-order valence-corrected chi connectivity index (χ3v) is 3.27. The van der Waals surface area contributed by atoms with Crippen molar-refractivity contribution in [2.24, 2.45) is 5.92 Å². The first-order valence-electron chi connectivity index (χ1n) is 5.85.